The number of fused-ring (bicyclic) bond motifs is 3. The second-order valence-corrected chi connectivity index (χ2v) is 9.71. The fraction of sp³-hybridized carbons (Fsp3) is 0.281. The predicted molar refractivity (Wildman–Crippen MR) is 152 cm³/mol. The number of nitrogens with one attached hydrogen (secondary N) is 2. The lowest BCUT2D eigenvalue weighted by Crippen LogP contribution is -2.55. The van der Waals surface area contributed by atoms with E-state index in [-0.39, 0.29) is 25.6 Å². The first-order valence-electron chi connectivity index (χ1n) is 13.3. The maximum Gasteiger partial charge on any atom is 0.407 e. The molecule has 0 fully saturated rings. The van der Waals surface area contributed by atoms with E-state index in [1.807, 2.05) is 78.9 Å². The molecule has 4 rings (SSSR count). The van der Waals surface area contributed by atoms with Crippen LogP contribution in [0, 0.1) is 0 Å². The maximum absolute atomic E-state index is 13.1. The van der Waals surface area contributed by atoms with Crippen LogP contribution in [-0.4, -0.2) is 47.9 Å². The van der Waals surface area contributed by atoms with Gasteiger partial charge in [-0.15, -0.1) is 6.58 Å². The Morgan fingerprint density at radius 3 is 2.12 bits per heavy atom. The van der Waals surface area contributed by atoms with Gasteiger partial charge in [-0.25, -0.2) is 9.59 Å². The summed E-state index contributed by atoms with van der Waals surface area (Å²) in [5.41, 5.74) is 5.25. The van der Waals surface area contributed by atoms with Crippen molar-refractivity contribution >= 4 is 18.0 Å². The number of alkyl carbamates (subject to hydrolysis) is 1. The molecule has 0 bridgehead atoms. The third kappa shape index (κ3) is 6.95. The van der Waals surface area contributed by atoms with Crippen LogP contribution in [-0.2, 0) is 25.7 Å². The van der Waals surface area contributed by atoms with Crippen LogP contribution in [0.1, 0.15) is 42.4 Å². The molecule has 1 aliphatic rings. The van der Waals surface area contributed by atoms with E-state index in [4.69, 9.17) is 9.47 Å². The van der Waals surface area contributed by atoms with Gasteiger partial charge in [-0.3, -0.25) is 4.79 Å². The maximum atomic E-state index is 13.1. The van der Waals surface area contributed by atoms with Crippen LogP contribution < -0.4 is 10.6 Å². The second kappa shape index (κ2) is 13.6. The number of hydrogen-bond acceptors (Lipinski definition) is 5. The van der Waals surface area contributed by atoms with Gasteiger partial charge in [0.1, 0.15) is 12.6 Å². The van der Waals surface area contributed by atoms with Gasteiger partial charge in [0.15, 0.2) is 6.04 Å². The largest absolute Gasteiger partial charge is 0.480 e. The molecule has 0 heterocycles. The van der Waals surface area contributed by atoms with Crippen molar-refractivity contribution in [3.8, 4) is 11.1 Å². The van der Waals surface area contributed by atoms with E-state index >= 15 is 0 Å². The highest BCUT2D eigenvalue weighted by Crippen LogP contribution is 2.44. The summed E-state index contributed by atoms with van der Waals surface area (Å²) in [6, 6.07) is 23.0. The van der Waals surface area contributed by atoms with Gasteiger partial charge >= 0.3 is 12.1 Å². The van der Waals surface area contributed by atoms with E-state index in [9.17, 15) is 19.5 Å². The van der Waals surface area contributed by atoms with Crippen molar-refractivity contribution < 1.29 is 29.0 Å². The average molecular weight is 543 g/mol. The van der Waals surface area contributed by atoms with Gasteiger partial charge in [0.25, 0.3) is 0 Å². The molecule has 1 unspecified atom stereocenters. The summed E-state index contributed by atoms with van der Waals surface area (Å²) in [7, 11) is 0. The molecule has 1 aliphatic carbocycles. The van der Waals surface area contributed by atoms with Gasteiger partial charge in [0.2, 0.25) is 5.91 Å². The van der Waals surface area contributed by atoms with E-state index in [1.165, 1.54) is 0 Å². The Kier molecular flexibility index (Phi) is 9.70. The van der Waals surface area contributed by atoms with Gasteiger partial charge in [-0.05, 0) is 47.6 Å². The number of carboxylic acids is 1. The van der Waals surface area contributed by atoms with Gasteiger partial charge in [0.05, 0.1) is 12.7 Å². The molecule has 208 valence electrons. The van der Waals surface area contributed by atoms with Crippen molar-refractivity contribution in [2.75, 3.05) is 6.61 Å². The van der Waals surface area contributed by atoms with Crippen LogP contribution in [0.3, 0.4) is 0 Å². The van der Waals surface area contributed by atoms with E-state index in [1.54, 1.807) is 13.0 Å². The van der Waals surface area contributed by atoms with Crippen molar-refractivity contribution in [2.24, 2.45) is 0 Å². The lowest BCUT2D eigenvalue weighted by atomic mass is 9.98. The molecule has 2 amide bonds. The van der Waals surface area contributed by atoms with Crippen LogP contribution >= 0.6 is 0 Å². The van der Waals surface area contributed by atoms with Crippen LogP contribution in [0.4, 0.5) is 4.79 Å². The lowest BCUT2D eigenvalue weighted by molar-refractivity contribution is -0.146. The van der Waals surface area contributed by atoms with E-state index < -0.39 is 36.2 Å². The number of carbonyl (C=O) groups is 3. The Bertz CT molecular complexity index is 1300. The molecule has 8 heteroatoms. The SMILES string of the molecule is C=CCCC(NC(=O)OCC1c2ccccc2-c2ccccc21)C(=O)N[C@H](C(=O)O)[C@@H](C)OCc1ccccc1. The minimum absolute atomic E-state index is 0.0950. The Morgan fingerprint density at radius 1 is 0.925 bits per heavy atom. The first-order chi connectivity index (χ1) is 19.4. The number of aliphatic carboxylic acids is 1. The molecule has 3 atom stereocenters. The number of carbonyl (C=O) groups excluding carboxylic acids is 2. The standard InChI is InChI=1S/C32H34N2O6/c1-3-4-18-28(30(35)34-29(31(36)37)21(2)39-19-22-12-6-5-7-13-22)33-32(38)40-20-27-25-16-10-8-14-23(25)24-15-9-11-17-26(24)27/h3,5-17,21,27-29H,1,4,18-20H2,2H3,(H,33,38)(H,34,35)(H,36,37)/t21-,28?,29+/m1/s1. The molecule has 0 aliphatic heterocycles. The first-order valence-corrected chi connectivity index (χ1v) is 13.3. The molecule has 0 radical (unpaired) electrons. The average Bonchev–Trinajstić information content (AvgIpc) is 3.29. The quantitative estimate of drug-likeness (QED) is 0.261. The fourth-order valence-corrected chi connectivity index (χ4v) is 4.87. The van der Waals surface area contributed by atoms with Gasteiger partial charge < -0.3 is 25.2 Å². The predicted octanol–water partition coefficient (Wildman–Crippen LogP) is 5.03. The van der Waals surface area contributed by atoms with Gasteiger partial charge in [-0.1, -0.05) is 84.9 Å². The van der Waals surface area contributed by atoms with Crippen LogP contribution in [0.25, 0.3) is 11.1 Å². The third-order valence-corrected chi connectivity index (χ3v) is 7.00. The Labute approximate surface area is 234 Å². The minimum atomic E-state index is -1.31. The van der Waals surface area contributed by atoms with E-state index in [0.717, 1.165) is 27.8 Å². The number of rotatable bonds is 13. The zero-order chi connectivity index (χ0) is 28.5. The number of benzene rings is 3. The van der Waals surface area contributed by atoms with Crippen molar-refractivity contribution in [3.63, 3.8) is 0 Å². The number of carboxylic acid groups (broad SMARTS) is 1. The molecule has 0 saturated heterocycles. The highest BCUT2D eigenvalue weighted by atomic mass is 16.5. The zero-order valence-corrected chi connectivity index (χ0v) is 22.4. The normalized spacial score (nSPS) is 14.2. The highest BCUT2D eigenvalue weighted by Gasteiger charge is 2.32. The number of hydrogen-bond donors (Lipinski definition) is 3. The smallest absolute Gasteiger partial charge is 0.407 e. The summed E-state index contributed by atoms with van der Waals surface area (Å²) in [6.07, 6.45) is 0.701. The van der Waals surface area contributed by atoms with Crippen LogP contribution in [0.5, 0.6) is 0 Å². The van der Waals surface area contributed by atoms with Gasteiger partial charge in [-0.2, -0.15) is 0 Å². The van der Waals surface area contributed by atoms with E-state index in [0.29, 0.717) is 6.42 Å². The second-order valence-electron chi connectivity index (χ2n) is 9.71. The van der Waals surface area contributed by atoms with E-state index in [2.05, 4.69) is 17.2 Å². The van der Waals surface area contributed by atoms with Crippen molar-refractivity contribution in [3.05, 3.63) is 108 Å². The highest BCUT2D eigenvalue weighted by molar-refractivity contribution is 5.89. The minimum Gasteiger partial charge on any atom is -0.480 e. The molecular formula is C32H34N2O6. The summed E-state index contributed by atoms with van der Waals surface area (Å²) in [4.78, 5) is 37.9. The molecular weight excluding hydrogens is 508 g/mol. The van der Waals surface area contributed by atoms with Crippen LogP contribution in [0.15, 0.2) is 91.5 Å². The summed E-state index contributed by atoms with van der Waals surface area (Å²) < 4.78 is 11.3. The zero-order valence-electron chi connectivity index (χ0n) is 22.4. The summed E-state index contributed by atoms with van der Waals surface area (Å²) in [5.74, 6) is -2.01. The van der Waals surface area contributed by atoms with Crippen molar-refractivity contribution in [2.45, 2.75) is 50.5 Å². The lowest BCUT2D eigenvalue weighted by Gasteiger charge is -2.25. The Balaban J connectivity index is 1.37. The topological polar surface area (TPSA) is 114 Å². The van der Waals surface area contributed by atoms with Crippen LogP contribution in [0.2, 0.25) is 0 Å². The molecule has 3 aromatic rings. The Hall–Kier alpha value is -4.43. The molecule has 8 nitrogen and oxygen atoms in total. The molecule has 40 heavy (non-hydrogen) atoms. The van der Waals surface area contributed by atoms with Crippen molar-refractivity contribution in [1.29, 1.82) is 0 Å². The van der Waals surface area contributed by atoms with Gasteiger partial charge in [0, 0.05) is 5.92 Å². The molecule has 0 aromatic heterocycles. The molecule has 0 spiro atoms. The summed E-state index contributed by atoms with van der Waals surface area (Å²) in [6.45, 7) is 5.56. The summed E-state index contributed by atoms with van der Waals surface area (Å²) >= 11 is 0. The molecule has 3 N–H and O–H groups in total. The number of amides is 2. The summed E-state index contributed by atoms with van der Waals surface area (Å²) in [5, 5.41) is 14.9. The Morgan fingerprint density at radius 2 is 1.52 bits per heavy atom. The number of ether oxygens (including phenoxy) is 2. The molecule has 0 saturated carbocycles. The fourth-order valence-electron chi connectivity index (χ4n) is 4.87. The number of allylic oxidation sites excluding steroid dienone is 1. The monoisotopic (exact) mass is 542 g/mol. The third-order valence-electron chi connectivity index (χ3n) is 7.00. The first kappa shape index (κ1) is 28.6. The molecule has 3 aromatic carbocycles. The van der Waals surface area contributed by atoms with Crippen molar-refractivity contribution in [1.82, 2.24) is 10.6 Å².